The third kappa shape index (κ3) is 2.59. The number of hydrogen-bond acceptors (Lipinski definition) is 4. The Kier molecular flexibility index (Phi) is 4.16. The van der Waals surface area contributed by atoms with Gasteiger partial charge in [0.2, 0.25) is 0 Å². The molecular weight excluding hydrogens is 182 g/mol. The largest absolute Gasteiger partial charge is 0.409 e. The molecule has 1 fully saturated rings. The van der Waals surface area contributed by atoms with Crippen LogP contribution in [0, 0.1) is 0 Å². The van der Waals surface area contributed by atoms with Crippen LogP contribution in [-0.4, -0.2) is 48.3 Å². The molecule has 1 aliphatic heterocycles. The fraction of sp³-hybridized carbons (Fsp3) is 0.889. The van der Waals surface area contributed by atoms with E-state index in [1.807, 2.05) is 6.92 Å². The van der Waals surface area contributed by atoms with E-state index in [0.29, 0.717) is 0 Å². The minimum absolute atomic E-state index is 0.0158. The summed E-state index contributed by atoms with van der Waals surface area (Å²) >= 11 is 0. The number of nitrogens with two attached hydrogens (primary N) is 1. The maximum absolute atomic E-state index is 8.56. The summed E-state index contributed by atoms with van der Waals surface area (Å²) in [4.78, 5) is 2.17. The van der Waals surface area contributed by atoms with Crippen LogP contribution in [0.15, 0.2) is 5.16 Å². The molecule has 1 saturated heterocycles. The van der Waals surface area contributed by atoms with Gasteiger partial charge < -0.3 is 15.7 Å². The van der Waals surface area contributed by atoms with Crippen molar-refractivity contribution in [1.82, 2.24) is 4.90 Å². The predicted octanol–water partition coefficient (Wildman–Crippen LogP) is 0.232. The highest BCUT2D eigenvalue weighted by Gasteiger charge is 2.25. The van der Waals surface area contributed by atoms with Crippen LogP contribution < -0.4 is 5.73 Å². The Hall–Kier alpha value is -0.810. The highest BCUT2D eigenvalue weighted by atomic mass is 16.5. The van der Waals surface area contributed by atoms with Gasteiger partial charge in [-0.3, -0.25) is 4.90 Å². The quantitative estimate of drug-likeness (QED) is 0.297. The molecule has 0 aromatic heterocycles. The predicted molar refractivity (Wildman–Crippen MR) is 54.5 cm³/mol. The summed E-state index contributed by atoms with van der Waals surface area (Å²) < 4.78 is 5.30. The lowest BCUT2D eigenvalue weighted by Gasteiger charge is -2.35. The Labute approximate surface area is 84.5 Å². The van der Waals surface area contributed by atoms with Gasteiger partial charge in [0.25, 0.3) is 0 Å². The number of likely N-dealkylation sites (tertiary alicyclic amines) is 1. The summed E-state index contributed by atoms with van der Waals surface area (Å²) in [6.45, 7) is 3.78. The van der Waals surface area contributed by atoms with Crippen molar-refractivity contribution < 1.29 is 9.94 Å². The van der Waals surface area contributed by atoms with Gasteiger partial charge in [-0.05, 0) is 26.3 Å². The number of amidine groups is 1. The van der Waals surface area contributed by atoms with E-state index >= 15 is 0 Å². The molecule has 1 aliphatic rings. The van der Waals surface area contributed by atoms with E-state index < -0.39 is 0 Å². The number of piperidine rings is 1. The Morgan fingerprint density at radius 3 is 3.00 bits per heavy atom. The Morgan fingerprint density at radius 2 is 2.43 bits per heavy atom. The van der Waals surface area contributed by atoms with E-state index in [1.54, 1.807) is 7.11 Å². The summed E-state index contributed by atoms with van der Waals surface area (Å²) in [5.74, 6) is 0.266. The van der Waals surface area contributed by atoms with E-state index in [9.17, 15) is 0 Å². The number of ether oxygens (including phenoxy) is 1. The maximum atomic E-state index is 8.56. The fourth-order valence-corrected chi connectivity index (χ4v) is 1.78. The van der Waals surface area contributed by atoms with Crippen molar-refractivity contribution in [1.29, 1.82) is 0 Å². The van der Waals surface area contributed by atoms with Gasteiger partial charge in [-0.1, -0.05) is 5.16 Å². The molecule has 0 aromatic carbocycles. The third-order valence-electron chi connectivity index (χ3n) is 2.83. The maximum Gasteiger partial charge on any atom is 0.156 e. The number of oxime groups is 1. The van der Waals surface area contributed by atoms with E-state index in [2.05, 4.69) is 10.1 Å². The van der Waals surface area contributed by atoms with Crippen LogP contribution in [0.4, 0.5) is 0 Å². The second-order valence-corrected chi connectivity index (χ2v) is 3.70. The van der Waals surface area contributed by atoms with Gasteiger partial charge in [-0.15, -0.1) is 0 Å². The lowest BCUT2D eigenvalue weighted by Crippen LogP contribution is -2.49. The molecule has 0 aliphatic carbocycles. The summed E-state index contributed by atoms with van der Waals surface area (Å²) in [6, 6.07) is -0.0158. The highest BCUT2D eigenvalue weighted by molar-refractivity contribution is 5.84. The molecule has 5 nitrogen and oxygen atoms in total. The lowest BCUT2D eigenvalue weighted by atomic mass is 10.1. The van der Waals surface area contributed by atoms with Gasteiger partial charge in [0.15, 0.2) is 5.84 Å². The normalized spacial score (nSPS) is 27.6. The number of rotatable bonds is 3. The molecule has 82 valence electrons. The molecule has 14 heavy (non-hydrogen) atoms. The fourth-order valence-electron chi connectivity index (χ4n) is 1.78. The van der Waals surface area contributed by atoms with E-state index in [-0.39, 0.29) is 18.0 Å². The van der Waals surface area contributed by atoms with Crippen LogP contribution >= 0.6 is 0 Å². The van der Waals surface area contributed by atoms with Crippen LogP contribution in [0.5, 0.6) is 0 Å². The summed E-state index contributed by atoms with van der Waals surface area (Å²) in [5, 5.41) is 11.6. The number of nitrogens with zero attached hydrogens (tertiary/aromatic N) is 2. The second kappa shape index (κ2) is 5.17. The smallest absolute Gasteiger partial charge is 0.156 e. The van der Waals surface area contributed by atoms with Crippen LogP contribution in [0.25, 0.3) is 0 Å². The van der Waals surface area contributed by atoms with Crippen molar-refractivity contribution in [2.45, 2.75) is 31.9 Å². The lowest BCUT2D eigenvalue weighted by molar-refractivity contribution is 0.0261. The van der Waals surface area contributed by atoms with Crippen LogP contribution in [-0.2, 0) is 4.74 Å². The molecule has 1 rings (SSSR count). The average Bonchev–Trinajstić information content (AvgIpc) is 2.27. The first-order valence-electron chi connectivity index (χ1n) is 4.93. The zero-order chi connectivity index (χ0) is 10.6. The highest BCUT2D eigenvalue weighted by Crippen LogP contribution is 2.14. The first kappa shape index (κ1) is 11.3. The third-order valence-corrected chi connectivity index (χ3v) is 2.83. The van der Waals surface area contributed by atoms with Crippen LogP contribution in [0.3, 0.4) is 0 Å². The molecule has 0 saturated carbocycles. The monoisotopic (exact) mass is 201 g/mol. The van der Waals surface area contributed by atoms with Gasteiger partial charge in [0.1, 0.15) is 0 Å². The van der Waals surface area contributed by atoms with Gasteiger partial charge >= 0.3 is 0 Å². The molecule has 2 unspecified atom stereocenters. The molecule has 3 N–H and O–H groups in total. The van der Waals surface area contributed by atoms with Crippen molar-refractivity contribution in [2.24, 2.45) is 10.9 Å². The molecule has 2 atom stereocenters. The van der Waals surface area contributed by atoms with Gasteiger partial charge in [-0.25, -0.2) is 0 Å². The molecule has 0 bridgehead atoms. The summed E-state index contributed by atoms with van der Waals surface area (Å²) in [7, 11) is 1.72. The van der Waals surface area contributed by atoms with E-state index in [4.69, 9.17) is 15.7 Å². The Balaban J connectivity index is 2.51. The molecule has 0 radical (unpaired) electrons. The molecule has 0 aromatic rings. The standard InChI is InChI=1S/C9H19N3O2/c1-7(9(10)11-13)12-5-3-4-8(6-12)14-2/h7-8,13H,3-6H2,1-2H3,(H2,10,11). The van der Waals surface area contributed by atoms with Crippen molar-refractivity contribution >= 4 is 5.84 Å². The van der Waals surface area contributed by atoms with Crippen LogP contribution in [0.1, 0.15) is 19.8 Å². The van der Waals surface area contributed by atoms with Gasteiger partial charge in [-0.2, -0.15) is 0 Å². The van der Waals surface area contributed by atoms with Crippen molar-refractivity contribution in [2.75, 3.05) is 20.2 Å². The molecule has 1 heterocycles. The van der Waals surface area contributed by atoms with Crippen LogP contribution in [0.2, 0.25) is 0 Å². The van der Waals surface area contributed by atoms with Crippen molar-refractivity contribution in [3.8, 4) is 0 Å². The van der Waals surface area contributed by atoms with Gasteiger partial charge in [0.05, 0.1) is 12.1 Å². The summed E-state index contributed by atoms with van der Waals surface area (Å²) in [5.41, 5.74) is 5.55. The van der Waals surface area contributed by atoms with Gasteiger partial charge in [0, 0.05) is 13.7 Å². The zero-order valence-corrected chi connectivity index (χ0v) is 8.81. The first-order chi connectivity index (χ1) is 6.69. The SMILES string of the molecule is COC1CCCN(C(C)C(N)=NO)C1. The first-order valence-corrected chi connectivity index (χ1v) is 4.93. The molecule has 0 amide bonds. The minimum Gasteiger partial charge on any atom is -0.409 e. The Morgan fingerprint density at radius 1 is 1.71 bits per heavy atom. The van der Waals surface area contributed by atoms with Crippen molar-refractivity contribution in [3.05, 3.63) is 0 Å². The number of hydrogen-bond donors (Lipinski definition) is 2. The molecular formula is C9H19N3O2. The average molecular weight is 201 g/mol. The molecule has 5 heteroatoms. The minimum atomic E-state index is -0.0158. The topological polar surface area (TPSA) is 71.1 Å². The van der Waals surface area contributed by atoms with Crippen molar-refractivity contribution in [3.63, 3.8) is 0 Å². The zero-order valence-electron chi connectivity index (χ0n) is 8.81. The van der Waals surface area contributed by atoms with E-state index in [0.717, 1.165) is 25.9 Å². The molecule has 0 spiro atoms. The Bertz CT molecular complexity index is 208. The van der Waals surface area contributed by atoms with E-state index in [1.165, 1.54) is 0 Å². The number of methoxy groups -OCH3 is 1. The summed E-state index contributed by atoms with van der Waals surface area (Å²) in [6.07, 6.45) is 2.47. The second-order valence-electron chi connectivity index (χ2n) is 3.70.